The van der Waals surface area contributed by atoms with Crippen molar-refractivity contribution in [3.8, 4) is 0 Å². The summed E-state index contributed by atoms with van der Waals surface area (Å²) in [6.45, 7) is 4.13. The third-order valence-electron chi connectivity index (χ3n) is 3.14. The largest absolute Gasteiger partial charge is 0.392 e. The molecule has 0 radical (unpaired) electrons. The Morgan fingerprint density at radius 2 is 1.80 bits per heavy atom. The van der Waals surface area contributed by atoms with Crippen LogP contribution in [-0.4, -0.2) is 21.0 Å². The van der Waals surface area contributed by atoms with Crippen LogP contribution in [0, 0.1) is 0 Å². The summed E-state index contributed by atoms with van der Waals surface area (Å²) < 4.78 is 1.88. The Morgan fingerprint density at radius 3 is 2.35 bits per heavy atom. The second-order valence-electron chi connectivity index (χ2n) is 5.14. The van der Waals surface area contributed by atoms with Crippen LogP contribution in [0.25, 0.3) is 0 Å². The van der Waals surface area contributed by atoms with E-state index in [4.69, 9.17) is 23.2 Å². The molecular weight excluding hydrogens is 295 g/mol. The van der Waals surface area contributed by atoms with Crippen LogP contribution in [0.3, 0.4) is 0 Å². The minimum Gasteiger partial charge on any atom is -0.392 e. The zero-order valence-corrected chi connectivity index (χ0v) is 13.1. The van der Waals surface area contributed by atoms with Crippen molar-refractivity contribution in [3.05, 3.63) is 51.8 Å². The molecule has 0 fully saturated rings. The molecule has 0 aliphatic carbocycles. The summed E-state index contributed by atoms with van der Waals surface area (Å²) in [7, 11) is 0. The maximum absolute atomic E-state index is 10.2. The van der Waals surface area contributed by atoms with Gasteiger partial charge in [0.1, 0.15) is 0 Å². The molecule has 5 heteroatoms. The van der Waals surface area contributed by atoms with E-state index in [0.29, 0.717) is 28.9 Å². The van der Waals surface area contributed by atoms with E-state index in [9.17, 15) is 5.11 Å². The lowest BCUT2D eigenvalue weighted by atomic mass is 10.0. The number of rotatable bonds is 5. The summed E-state index contributed by atoms with van der Waals surface area (Å²) in [5.41, 5.74) is 1.65. The zero-order chi connectivity index (χ0) is 14.7. The molecule has 20 heavy (non-hydrogen) atoms. The van der Waals surface area contributed by atoms with Gasteiger partial charge < -0.3 is 5.11 Å². The van der Waals surface area contributed by atoms with Crippen LogP contribution in [0.5, 0.6) is 0 Å². The van der Waals surface area contributed by atoms with E-state index in [1.165, 1.54) is 0 Å². The summed E-state index contributed by atoms with van der Waals surface area (Å²) in [6.07, 6.45) is 2.28. The highest BCUT2D eigenvalue weighted by Crippen LogP contribution is 2.26. The van der Waals surface area contributed by atoms with Crippen molar-refractivity contribution in [1.82, 2.24) is 9.78 Å². The first kappa shape index (κ1) is 15.4. The molecule has 1 aromatic carbocycles. The third kappa shape index (κ3) is 3.75. The van der Waals surface area contributed by atoms with Gasteiger partial charge in [-0.2, -0.15) is 5.10 Å². The maximum Gasteiger partial charge on any atom is 0.0650 e. The number of nitrogens with zero attached hydrogens (tertiary/aromatic N) is 2. The topological polar surface area (TPSA) is 38.0 Å². The Kier molecular flexibility index (Phi) is 5.08. The molecule has 0 saturated heterocycles. The van der Waals surface area contributed by atoms with Gasteiger partial charge in [-0.25, -0.2) is 0 Å². The predicted molar refractivity (Wildman–Crippen MR) is 82.5 cm³/mol. The fourth-order valence-corrected chi connectivity index (χ4v) is 2.60. The maximum atomic E-state index is 10.2. The van der Waals surface area contributed by atoms with Crippen molar-refractivity contribution >= 4 is 23.2 Å². The quantitative estimate of drug-likeness (QED) is 0.908. The van der Waals surface area contributed by atoms with E-state index in [-0.39, 0.29) is 0 Å². The Labute approximate surface area is 129 Å². The number of aromatic nitrogens is 2. The van der Waals surface area contributed by atoms with Crippen molar-refractivity contribution in [2.24, 2.45) is 0 Å². The van der Waals surface area contributed by atoms with Gasteiger partial charge in [0.15, 0.2) is 0 Å². The van der Waals surface area contributed by atoms with Gasteiger partial charge in [-0.3, -0.25) is 4.68 Å². The average Bonchev–Trinajstić information content (AvgIpc) is 2.82. The van der Waals surface area contributed by atoms with Crippen molar-refractivity contribution < 1.29 is 5.11 Å². The fraction of sp³-hybridized carbons (Fsp3) is 0.400. The minimum absolute atomic E-state index is 0.318. The van der Waals surface area contributed by atoms with Crippen LogP contribution >= 0.6 is 23.2 Å². The number of halogens is 2. The van der Waals surface area contributed by atoms with Gasteiger partial charge in [0.25, 0.3) is 0 Å². The van der Waals surface area contributed by atoms with Gasteiger partial charge in [0, 0.05) is 35.1 Å². The molecule has 2 rings (SSSR count). The smallest absolute Gasteiger partial charge is 0.0650 e. The first-order valence-corrected chi connectivity index (χ1v) is 7.38. The van der Waals surface area contributed by atoms with Gasteiger partial charge in [0.05, 0.1) is 11.8 Å². The zero-order valence-electron chi connectivity index (χ0n) is 11.6. The molecule has 0 saturated carbocycles. The number of benzene rings is 1. The summed E-state index contributed by atoms with van der Waals surface area (Å²) in [5.74, 6) is 0. The van der Waals surface area contributed by atoms with Crippen molar-refractivity contribution in [2.45, 2.75) is 38.8 Å². The SMILES string of the molecule is CC(C)n1ccc(CC(O)Cc2c(Cl)cccc2Cl)n1. The lowest BCUT2D eigenvalue weighted by molar-refractivity contribution is 0.174. The monoisotopic (exact) mass is 312 g/mol. The molecule has 108 valence electrons. The molecule has 1 unspecified atom stereocenters. The Hall–Kier alpha value is -1.03. The first-order chi connectivity index (χ1) is 9.47. The lowest BCUT2D eigenvalue weighted by Gasteiger charge is -2.12. The molecular formula is C15H18Cl2N2O. The van der Waals surface area contributed by atoms with E-state index < -0.39 is 6.10 Å². The second-order valence-corrected chi connectivity index (χ2v) is 5.96. The van der Waals surface area contributed by atoms with Gasteiger partial charge in [0.2, 0.25) is 0 Å². The lowest BCUT2D eigenvalue weighted by Crippen LogP contribution is -2.15. The van der Waals surface area contributed by atoms with Crippen molar-refractivity contribution in [3.63, 3.8) is 0 Å². The molecule has 0 bridgehead atoms. The van der Waals surface area contributed by atoms with E-state index in [1.54, 1.807) is 18.2 Å². The highest BCUT2D eigenvalue weighted by molar-refractivity contribution is 6.35. The van der Waals surface area contributed by atoms with E-state index in [2.05, 4.69) is 18.9 Å². The van der Waals surface area contributed by atoms with Crippen LogP contribution in [0.4, 0.5) is 0 Å². The van der Waals surface area contributed by atoms with Gasteiger partial charge in [-0.1, -0.05) is 29.3 Å². The highest BCUT2D eigenvalue weighted by Gasteiger charge is 2.14. The Bertz CT molecular complexity index is 561. The molecule has 1 aromatic heterocycles. The van der Waals surface area contributed by atoms with Crippen LogP contribution < -0.4 is 0 Å². The van der Waals surface area contributed by atoms with Gasteiger partial charge in [-0.05, 0) is 37.6 Å². The van der Waals surface area contributed by atoms with E-state index in [1.807, 2.05) is 16.9 Å². The molecule has 0 spiro atoms. The predicted octanol–water partition coefficient (Wildman–Crippen LogP) is 3.92. The molecule has 0 aliphatic heterocycles. The number of hydrogen-bond donors (Lipinski definition) is 1. The number of aliphatic hydroxyl groups excluding tert-OH is 1. The summed E-state index contributed by atoms with van der Waals surface area (Å²) >= 11 is 12.2. The molecule has 0 aliphatic rings. The van der Waals surface area contributed by atoms with Gasteiger partial charge >= 0.3 is 0 Å². The average molecular weight is 313 g/mol. The first-order valence-electron chi connectivity index (χ1n) is 6.62. The molecule has 2 aromatic rings. The van der Waals surface area contributed by atoms with Crippen molar-refractivity contribution in [1.29, 1.82) is 0 Å². The Morgan fingerprint density at radius 1 is 1.15 bits per heavy atom. The minimum atomic E-state index is -0.553. The summed E-state index contributed by atoms with van der Waals surface area (Å²) in [6, 6.07) is 7.60. The van der Waals surface area contributed by atoms with Crippen LogP contribution in [-0.2, 0) is 12.8 Å². The fourth-order valence-electron chi connectivity index (χ4n) is 2.05. The van der Waals surface area contributed by atoms with Crippen molar-refractivity contribution in [2.75, 3.05) is 0 Å². The number of hydrogen-bond acceptors (Lipinski definition) is 2. The number of aliphatic hydroxyl groups is 1. The summed E-state index contributed by atoms with van der Waals surface area (Å²) in [4.78, 5) is 0. The van der Waals surface area contributed by atoms with E-state index >= 15 is 0 Å². The van der Waals surface area contributed by atoms with Crippen LogP contribution in [0.2, 0.25) is 10.0 Å². The molecule has 0 amide bonds. The Balaban J connectivity index is 2.03. The van der Waals surface area contributed by atoms with E-state index in [0.717, 1.165) is 11.3 Å². The van der Waals surface area contributed by atoms with Gasteiger partial charge in [-0.15, -0.1) is 0 Å². The molecule has 1 atom stereocenters. The molecule has 1 N–H and O–H groups in total. The third-order valence-corrected chi connectivity index (χ3v) is 3.85. The molecule has 1 heterocycles. The highest BCUT2D eigenvalue weighted by atomic mass is 35.5. The second kappa shape index (κ2) is 6.61. The standard InChI is InChI=1S/C15H18Cl2N2O/c1-10(2)19-7-6-11(18-19)8-12(20)9-13-14(16)4-3-5-15(13)17/h3-7,10,12,20H,8-9H2,1-2H3. The summed E-state index contributed by atoms with van der Waals surface area (Å²) in [5, 5.41) is 15.8. The van der Waals surface area contributed by atoms with Crippen LogP contribution in [0.15, 0.2) is 30.5 Å². The van der Waals surface area contributed by atoms with Crippen LogP contribution in [0.1, 0.15) is 31.1 Å². The molecule has 3 nitrogen and oxygen atoms in total. The normalized spacial score (nSPS) is 12.9.